The van der Waals surface area contributed by atoms with E-state index in [0.29, 0.717) is 6.04 Å². The molecule has 86 valence electrons. The SMILES string of the molecule is CC(NCCCn1ccnn1)c1ccoc1. The number of rotatable bonds is 6. The highest BCUT2D eigenvalue weighted by Gasteiger charge is 2.04. The molecule has 0 saturated heterocycles. The first-order valence-electron chi connectivity index (χ1n) is 5.46. The highest BCUT2D eigenvalue weighted by molar-refractivity contribution is 5.09. The van der Waals surface area contributed by atoms with Gasteiger partial charge in [-0.1, -0.05) is 5.21 Å². The van der Waals surface area contributed by atoms with Crippen molar-refractivity contribution in [2.24, 2.45) is 0 Å². The van der Waals surface area contributed by atoms with Crippen molar-refractivity contribution in [2.45, 2.75) is 25.9 Å². The average Bonchev–Trinajstić information content (AvgIpc) is 2.96. The van der Waals surface area contributed by atoms with Gasteiger partial charge in [-0.2, -0.15) is 0 Å². The average molecular weight is 220 g/mol. The zero-order valence-corrected chi connectivity index (χ0v) is 9.34. The summed E-state index contributed by atoms with van der Waals surface area (Å²) in [5.41, 5.74) is 1.18. The first-order chi connectivity index (χ1) is 7.86. The molecule has 0 spiro atoms. The predicted molar refractivity (Wildman–Crippen MR) is 59.8 cm³/mol. The van der Waals surface area contributed by atoms with Crippen LogP contribution in [0.4, 0.5) is 0 Å². The lowest BCUT2D eigenvalue weighted by Crippen LogP contribution is -2.20. The summed E-state index contributed by atoms with van der Waals surface area (Å²) < 4.78 is 6.88. The van der Waals surface area contributed by atoms with Crippen LogP contribution in [0.3, 0.4) is 0 Å². The highest BCUT2D eigenvalue weighted by atomic mass is 16.3. The summed E-state index contributed by atoms with van der Waals surface area (Å²) in [7, 11) is 0. The molecule has 0 aliphatic carbocycles. The molecule has 2 aromatic heterocycles. The normalized spacial score (nSPS) is 12.8. The van der Waals surface area contributed by atoms with Crippen molar-refractivity contribution in [3.05, 3.63) is 36.5 Å². The van der Waals surface area contributed by atoms with Gasteiger partial charge in [0.05, 0.1) is 18.7 Å². The van der Waals surface area contributed by atoms with Gasteiger partial charge in [0.15, 0.2) is 0 Å². The summed E-state index contributed by atoms with van der Waals surface area (Å²) in [5, 5.41) is 11.1. The van der Waals surface area contributed by atoms with Gasteiger partial charge in [0.1, 0.15) is 0 Å². The Morgan fingerprint density at radius 2 is 2.50 bits per heavy atom. The third-order valence-corrected chi connectivity index (χ3v) is 2.53. The highest BCUT2D eigenvalue weighted by Crippen LogP contribution is 2.11. The van der Waals surface area contributed by atoms with Crippen LogP contribution in [0, 0.1) is 0 Å². The standard InChI is InChI=1S/C11H16N4O/c1-10(11-3-8-16-9-11)12-4-2-6-15-7-5-13-14-15/h3,5,7-10,12H,2,4,6H2,1H3. The lowest BCUT2D eigenvalue weighted by Gasteiger charge is -2.11. The second kappa shape index (κ2) is 5.46. The Bertz CT molecular complexity index is 382. The van der Waals surface area contributed by atoms with Gasteiger partial charge in [-0.25, -0.2) is 0 Å². The van der Waals surface area contributed by atoms with E-state index in [4.69, 9.17) is 4.42 Å². The Morgan fingerprint density at radius 1 is 1.56 bits per heavy atom. The molecule has 0 radical (unpaired) electrons. The smallest absolute Gasteiger partial charge is 0.0950 e. The first-order valence-corrected chi connectivity index (χ1v) is 5.46. The number of aryl methyl sites for hydroxylation is 1. The van der Waals surface area contributed by atoms with Crippen LogP contribution in [0.2, 0.25) is 0 Å². The summed E-state index contributed by atoms with van der Waals surface area (Å²) in [6.07, 6.45) is 8.07. The topological polar surface area (TPSA) is 55.9 Å². The summed E-state index contributed by atoms with van der Waals surface area (Å²) in [6, 6.07) is 2.31. The molecule has 5 heteroatoms. The first kappa shape index (κ1) is 10.9. The van der Waals surface area contributed by atoms with E-state index in [9.17, 15) is 0 Å². The predicted octanol–water partition coefficient (Wildman–Crippen LogP) is 1.61. The Hall–Kier alpha value is -1.62. The molecule has 0 aliphatic rings. The maximum absolute atomic E-state index is 5.04. The number of hydrogen-bond acceptors (Lipinski definition) is 4. The summed E-state index contributed by atoms with van der Waals surface area (Å²) >= 11 is 0. The molecule has 0 aliphatic heterocycles. The van der Waals surface area contributed by atoms with Crippen LogP contribution in [0.1, 0.15) is 24.9 Å². The molecule has 0 fully saturated rings. The molecule has 0 aromatic carbocycles. The Kier molecular flexibility index (Phi) is 3.71. The lowest BCUT2D eigenvalue weighted by atomic mass is 10.2. The molecule has 16 heavy (non-hydrogen) atoms. The van der Waals surface area contributed by atoms with Crippen LogP contribution >= 0.6 is 0 Å². The second-order valence-corrected chi connectivity index (χ2v) is 3.75. The summed E-state index contributed by atoms with van der Waals surface area (Å²) in [6.45, 7) is 3.97. The molecule has 1 unspecified atom stereocenters. The number of hydrogen-bond donors (Lipinski definition) is 1. The van der Waals surface area contributed by atoms with Crippen LogP contribution in [-0.4, -0.2) is 21.5 Å². The molecule has 1 N–H and O–H groups in total. The van der Waals surface area contributed by atoms with E-state index in [1.165, 1.54) is 5.56 Å². The fourth-order valence-corrected chi connectivity index (χ4v) is 1.55. The molecule has 2 heterocycles. The van der Waals surface area contributed by atoms with Crippen LogP contribution < -0.4 is 5.32 Å². The van der Waals surface area contributed by atoms with Gasteiger partial charge >= 0.3 is 0 Å². The van der Waals surface area contributed by atoms with Gasteiger partial charge in [0, 0.05) is 24.3 Å². The molecule has 0 saturated carbocycles. The van der Waals surface area contributed by atoms with E-state index in [2.05, 4.69) is 22.6 Å². The lowest BCUT2D eigenvalue weighted by molar-refractivity contribution is 0.494. The molecule has 2 aromatic rings. The number of furan rings is 1. The van der Waals surface area contributed by atoms with Crippen molar-refractivity contribution in [1.29, 1.82) is 0 Å². The van der Waals surface area contributed by atoms with Crippen molar-refractivity contribution in [2.75, 3.05) is 6.54 Å². The van der Waals surface area contributed by atoms with Crippen LogP contribution in [0.25, 0.3) is 0 Å². The Morgan fingerprint density at radius 3 is 3.19 bits per heavy atom. The van der Waals surface area contributed by atoms with Crippen LogP contribution in [-0.2, 0) is 6.54 Å². The number of nitrogens with zero attached hydrogens (tertiary/aromatic N) is 3. The zero-order valence-electron chi connectivity index (χ0n) is 9.34. The number of aromatic nitrogens is 3. The van der Waals surface area contributed by atoms with Crippen molar-refractivity contribution in [1.82, 2.24) is 20.3 Å². The molecular weight excluding hydrogens is 204 g/mol. The van der Waals surface area contributed by atoms with Crippen molar-refractivity contribution in [3.63, 3.8) is 0 Å². The van der Waals surface area contributed by atoms with Gasteiger partial charge < -0.3 is 9.73 Å². The molecule has 0 amide bonds. The minimum absolute atomic E-state index is 0.328. The maximum Gasteiger partial charge on any atom is 0.0950 e. The van der Waals surface area contributed by atoms with Gasteiger partial charge in [-0.3, -0.25) is 4.68 Å². The van der Waals surface area contributed by atoms with E-state index in [1.54, 1.807) is 18.7 Å². The third-order valence-electron chi connectivity index (χ3n) is 2.53. The van der Waals surface area contributed by atoms with Gasteiger partial charge in [-0.15, -0.1) is 5.10 Å². The monoisotopic (exact) mass is 220 g/mol. The van der Waals surface area contributed by atoms with Gasteiger partial charge in [-0.05, 0) is 26.0 Å². The fourth-order valence-electron chi connectivity index (χ4n) is 1.55. The van der Waals surface area contributed by atoms with Crippen LogP contribution in [0.5, 0.6) is 0 Å². The van der Waals surface area contributed by atoms with Crippen molar-refractivity contribution >= 4 is 0 Å². The van der Waals surface area contributed by atoms with E-state index < -0.39 is 0 Å². The third kappa shape index (κ3) is 2.93. The Labute approximate surface area is 94.5 Å². The van der Waals surface area contributed by atoms with Crippen molar-refractivity contribution in [3.8, 4) is 0 Å². The molecule has 1 atom stereocenters. The molecule has 0 bridgehead atoms. The van der Waals surface area contributed by atoms with E-state index in [1.807, 2.05) is 16.9 Å². The molecule has 5 nitrogen and oxygen atoms in total. The Balaban J connectivity index is 1.65. The van der Waals surface area contributed by atoms with Gasteiger partial charge in [0.2, 0.25) is 0 Å². The quantitative estimate of drug-likeness (QED) is 0.751. The molecule has 2 rings (SSSR count). The number of nitrogens with one attached hydrogen (secondary N) is 1. The summed E-state index contributed by atoms with van der Waals surface area (Å²) in [4.78, 5) is 0. The van der Waals surface area contributed by atoms with Crippen molar-refractivity contribution < 1.29 is 4.42 Å². The van der Waals surface area contributed by atoms with E-state index >= 15 is 0 Å². The summed E-state index contributed by atoms with van der Waals surface area (Å²) in [5.74, 6) is 0. The maximum atomic E-state index is 5.04. The minimum atomic E-state index is 0.328. The largest absolute Gasteiger partial charge is 0.472 e. The van der Waals surface area contributed by atoms with E-state index in [-0.39, 0.29) is 0 Å². The molecular formula is C11H16N4O. The second-order valence-electron chi connectivity index (χ2n) is 3.75. The minimum Gasteiger partial charge on any atom is -0.472 e. The van der Waals surface area contributed by atoms with E-state index in [0.717, 1.165) is 19.5 Å². The van der Waals surface area contributed by atoms with Crippen LogP contribution in [0.15, 0.2) is 35.4 Å². The fraction of sp³-hybridized carbons (Fsp3) is 0.455. The zero-order chi connectivity index (χ0) is 11.2. The van der Waals surface area contributed by atoms with Gasteiger partial charge in [0.25, 0.3) is 0 Å².